The Morgan fingerprint density at radius 2 is 2.38 bits per heavy atom. The van der Waals surface area contributed by atoms with Crippen LogP contribution in [-0.4, -0.2) is 41.6 Å². The lowest BCUT2D eigenvalue weighted by atomic mass is 10.5. The zero-order valence-corrected chi connectivity index (χ0v) is 11.9. The fraction of sp³-hybridized carbons (Fsp3) is 0.500. The molecule has 2 heterocycles. The van der Waals surface area contributed by atoms with Crippen LogP contribution in [0.1, 0.15) is 25.8 Å². The average Bonchev–Trinajstić information content (AvgIpc) is 3.20. The molecule has 0 atom stereocenters. The lowest BCUT2D eigenvalue weighted by molar-refractivity contribution is -0.388. The maximum atomic E-state index is 11.1. The molecule has 1 aliphatic carbocycles. The molecule has 0 aromatic carbocycles. The molecule has 0 aliphatic heterocycles. The van der Waals surface area contributed by atoms with Gasteiger partial charge in [-0.3, -0.25) is 10.1 Å². The minimum atomic E-state index is -0.511. The second-order valence-electron chi connectivity index (χ2n) is 4.41. The quantitative estimate of drug-likeness (QED) is 0.477. The van der Waals surface area contributed by atoms with Crippen molar-refractivity contribution in [3.63, 3.8) is 0 Å². The summed E-state index contributed by atoms with van der Waals surface area (Å²) in [4.78, 5) is 18.7. The van der Waals surface area contributed by atoms with Crippen LogP contribution in [0.15, 0.2) is 16.4 Å². The lowest BCUT2D eigenvalue weighted by Gasteiger charge is -2.05. The van der Waals surface area contributed by atoms with Crippen molar-refractivity contribution < 1.29 is 4.92 Å². The number of nitrogens with zero attached hydrogens (tertiary/aromatic N) is 7. The number of hydrogen-bond acceptors (Lipinski definition) is 9. The Morgan fingerprint density at radius 1 is 1.57 bits per heavy atom. The first-order valence-corrected chi connectivity index (χ1v) is 7.21. The highest BCUT2D eigenvalue weighted by Gasteiger charge is 2.29. The highest BCUT2D eigenvalue weighted by molar-refractivity contribution is 7.99. The van der Waals surface area contributed by atoms with Crippen LogP contribution in [0, 0.1) is 10.1 Å². The van der Waals surface area contributed by atoms with Gasteiger partial charge in [0.25, 0.3) is 0 Å². The number of tetrazole rings is 1. The van der Waals surface area contributed by atoms with Gasteiger partial charge in [-0.1, -0.05) is 0 Å². The molecular weight excluding hydrogens is 296 g/mol. The highest BCUT2D eigenvalue weighted by atomic mass is 32.2. The van der Waals surface area contributed by atoms with Crippen LogP contribution in [0.25, 0.3) is 0 Å². The molecule has 0 radical (unpaired) electrons. The normalized spacial score (nSPS) is 14.1. The molecular formula is C10H12N8O2S. The predicted octanol–water partition coefficient (Wildman–Crippen LogP) is 1.29. The number of aromatic nitrogens is 6. The van der Waals surface area contributed by atoms with Crippen LogP contribution in [0.4, 0.5) is 11.6 Å². The summed E-state index contributed by atoms with van der Waals surface area (Å²) in [5, 5.41) is 26.2. The summed E-state index contributed by atoms with van der Waals surface area (Å²) in [5.41, 5.74) is -0.160. The lowest BCUT2D eigenvalue weighted by Crippen LogP contribution is -2.05. The van der Waals surface area contributed by atoms with Crippen molar-refractivity contribution >= 4 is 23.4 Å². The molecule has 0 spiro atoms. The molecule has 21 heavy (non-hydrogen) atoms. The van der Waals surface area contributed by atoms with Gasteiger partial charge in [0.1, 0.15) is 6.20 Å². The molecule has 2 aromatic heterocycles. The second-order valence-corrected chi connectivity index (χ2v) is 5.37. The molecule has 1 N–H and O–H groups in total. The van der Waals surface area contributed by atoms with Crippen LogP contribution in [0.5, 0.6) is 0 Å². The topological polar surface area (TPSA) is 125 Å². The summed E-state index contributed by atoms with van der Waals surface area (Å²) in [6.07, 6.45) is 3.23. The van der Waals surface area contributed by atoms with Gasteiger partial charge in [-0.2, -0.15) is 4.98 Å². The van der Waals surface area contributed by atoms with Gasteiger partial charge < -0.3 is 5.32 Å². The van der Waals surface area contributed by atoms with Gasteiger partial charge in [0, 0.05) is 6.54 Å². The van der Waals surface area contributed by atoms with Crippen molar-refractivity contribution in [1.29, 1.82) is 0 Å². The van der Waals surface area contributed by atoms with Gasteiger partial charge in [0.05, 0.1) is 11.0 Å². The second kappa shape index (κ2) is 5.60. The first-order valence-electron chi connectivity index (χ1n) is 6.40. The smallest absolute Gasteiger partial charge is 0.320 e. The van der Waals surface area contributed by atoms with E-state index in [1.54, 1.807) is 4.68 Å². The van der Waals surface area contributed by atoms with Crippen LogP contribution in [0.2, 0.25) is 0 Å². The summed E-state index contributed by atoms with van der Waals surface area (Å²) >= 11 is 1.08. The van der Waals surface area contributed by atoms with E-state index in [4.69, 9.17) is 0 Å². The van der Waals surface area contributed by atoms with E-state index in [9.17, 15) is 10.1 Å². The molecule has 110 valence electrons. The van der Waals surface area contributed by atoms with Crippen LogP contribution in [-0.2, 0) is 0 Å². The van der Waals surface area contributed by atoms with E-state index in [1.165, 1.54) is 6.20 Å². The van der Waals surface area contributed by atoms with E-state index in [2.05, 4.69) is 30.8 Å². The van der Waals surface area contributed by atoms with Crippen molar-refractivity contribution in [2.24, 2.45) is 0 Å². The van der Waals surface area contributed by atoms with Crippen LogP contribution in [0.3, 0.4) is 0 Å². The monoisotopic (exact) mass is 308 g/mol. The third-order valence-corrected chi connectivity index (χ3v) is 3.76. The minimum Gasteiger partial charge on any atom is -0.354 e. The van der Waals surface area contributed by atoms with E-state index in [0.717, 1.165) is 24.6 Å². The largest absolute Gasteiger partial charge is 0.354 e. The van der Waals surface area contributed by atoms with Gasteiger partial charge in [-0.05, 0) is 42.0 Å². The third-order valence-electron chi connectivity index (χ3n) is 2.81. The standard InChI is InChI=1S/C10H12N8O2S/c1-2-11-9-12-5-7(18(19)20)8(13-9)21-10-14-15-16-17(10)6-3-4-6/h5-6H,2-4H2,1H3,(H,11,12,13). The molecule has 0 unspecified atom stereocenters. The maximum Gasteiger partial charge on any atom is 0.320 e. The molecule has 3 rings (SSSR count). The molecule has 1 saturated carbocycles. The average molecular weight is 308 g/mol. The molecule has 2 aromatic rings. The zero-order chi connectivity index (χ0) is 14.8. The van der Waals surface area contributed by atoms with Crippen molar-refractivity contribution in [3.8, 4) is 0 Å². The Kier molecular flexibility index (Phi) is 3.64. The minimum absolute atomic E-state index is 0.160. The van der Waals surface area contributed by atoms with Crippen molar-refractivity contribution in [3.05, 3.63) is 16.3 Å². The predicted molar refractivity (Wildman–Crippen MR) is 73.1 cm³/mol. The SMILES string of the molecule is CCNc1ncc([N+](=O)[O-])c(Sc2nnnn2C2CC2)n1. The molecule has 1 aliphatic rings. The van der Waals surface area contributed by atoms with E-state index >= 15 is 0 Å². The summed E-state index contributed by atoms with van der Waals surface area (Å²) in [5.74, 6) is 0.344. The van der Waals surface area contributed by atoms with Gasteiger partial charge in [-0.25, -0.2) is 9.67 Å². The fourth-order valence-corrected chi connectivity index (χ4v) is 2.58. The first kappa shape index (κ1) is 13.7. The number of nitro groups is 1. The van der Waals surface area contributed by atoms with Crippen LogP contribution >= 0.6 is 11.8 Å². The van der Waals surface area contributed by atoms with Gasteiger partial charge in [0.2, 0.25) is 11.1 Å². The molecule has 1 fully saturated rings. The molecule has 0 amide bonds. The number of anilines is 1. The highest BCUT2D eigenvalue weighted by Crippen LogP contribution is 2.39. The Bertz CT molecular complexity index is 671. The van der Waals surface area contributed by atoms with E-state index < -0.39 is 4.92 Å². The Labute approximate surface area is 123 Å². The molecule has 0 saturated heterocycles. The summed E-state index contributed by atoms with van der Waals surface area (Å²) in [6.45, 7) is 2.52. The van der Waals surface area contributed by atoms with E-state index in [1.807, 2.05) is 6.92 Å². The molecule has 11 heteroatoms. The van der Waals surface area contributed by atoms with E-state index in [-0.39, 0.29) is 16.8 Å². The van der Waals surface area contributed by atoms with E-state index in [0.29, 0.717) is 17.6 Å². The van der Waals surface area contributed by atoms with Gasteiger partial charge in [-0.15, -0.1) is 5.10 Å². The maximum absolute atomic E-state index is 11.1. The van der Waals surface area contributed by atoms with Crippen LogP contribution < -0.4 is 5.32 Å². The zero-order valence-electron chi connectivity index (χ0n) is 11.1. The van der Waals surface area contributed by atoms with Gasteiger partial charge >= 0.3 is 5.69 Å². The van der Waals surface area contributed by atoms with Crippen molar-refractivity contribution in [2.75, 3.05) is 11.9 Å². The Morgan fingerprint density at radius 3 is 3.05 bits per heavy atom. The number of hydrogen-bond donors (Lipinski definition) is 1. The number of rotatable bonds is 6. The fourth-order valence-electron chi connectivity index (χ4n) is 1.69. The third kappa shape index (κ3) is 2.91. The molecule has 0 bridgehead atoms. The number of nitrogens with one attached hydrogen (secondary N) is 1. The summed E-state index contributed by atoms with van der Waals surface area (Å²) in [6, 6.07) is 0.289. The van der Waals surface area contributed by atoms with Crippen molar-refractivity contribution in [1.82, 2.24) is 30.2 Å². The van der Waals surface area contributed by atoms with Crippen molar-refractivity contribution in [2.45, 2.75) is 36.0 Å². The first-order chi connectivity index (χ1) is 10.2. The Hall–Kier alpha value is -2.30. The summed E-state index contributed by atoms with van der Waals surface area (Å²) in [7, 11) is 0. The molecule has 10 nitrogen and oxygen atoms in total. The Balaban J connectivity index is 1.93. The van der Waals surface area contributed by atoms with Gasteiger partial charge in [0.15, 0.2) is 5.03 Å². The summed E-state index contributed by atoms with van der Waals surface area (Å²) < 4.78 is 1.68.